The molecular formula is C20H30O2. The van der Waals surface area contributed by atoms with E-state index in [1.807, 2.05) is 7.11 Å². The SMILES string of the molecule is COC1CCC2(C)C(=CCC3C4CCC(=O)C4(C)CCC32)C1. The van der Waals surface area contributed by atoms with Gasteiger partial charge in [0.15, 0.2) is 0 Å². The Bertz CT molecular complexity index is 522. The third-order valence-electron chi connectivity index (χ3n) is 8.10. The average molecular weight is 302 g/mol. The lowest BCUT2D eigenvalue weighted by Gasteiger charge is -2.57. The zero-order valence-electron chi connectivity index (χ0n) is 14.4. The van der Waals surface area contributed by atoms with Crippen molar-refractivity contribution in [3.63, 3.8) is 0 Å². The summed E-state index contributed by atoms with van der Waals surface area (Å²) in [6, 6.07) is 0. The quantitative estimate of drug-likeness (QED) is 0.665. The van der Waals surface area contributed by atoms with Crippen LogP contribution < -0.4 is 0 Å². The second-order valence-electron chi connectivity index (χ2n) is 8.78. The van der Waals surface area contributed by atoms with Gasteiger partial charge in [0.25, 0.3) is 0 Å². The van der Waals surface area contributed by atoms with Gasteiger partial charge in [0.1, 0.15) is 5.78 Å². The van der Waals surface area contributed by atoms with Gasteiger partial charge in [-0.25, -0.2) is 0 Å². The van der Waals surface area contributed by atoms with Crippen molar-refractivity contribution in [2.75, 3.05) is 7.11 Å². The highest BCUT2D eigenvalue weighted by Crippen LogP contribution is 2.64. The molecule has 6 unspecified atom stereocenters. The Balaban J connectivity index is 1.66. The molecule has 2 heteroatoms. The van der Waals surface area contributed by atoms with Gasteiger partial charge in [-0.05, 0) is 68.1 Å². The van der Waals surface area contributed by atoms with Crippen LogP contribution in [0.3, 0.4) is 0 Å². The van der Waals surface area contributed by atoms with Crippen LogP contribution in [-0.2, 0) is 9.53 Å². The summed E-state index contributed by atoms with van der Waals surface area (Å²) in [5.74, 6) is 2.75. The number of ether oxygens (including phenoxy) is 1. The predicted octanol–water partition coefficient (Wildman–Crippen LogP) is 4.53. The lowest BCUT2D eigenvalue weighted by atomic mass is 9.48. The first-order valence-electron chi connectivity index (χ1n) is 9.24. The molecule has 22 heavy (non-hydrogen) atoms. The minimum Gasteiger partial charge on any atom is -0.381 e. The molecule has 0 aliphatic heterocycles. The van der Waals surface area contributed by atoms with Crippen LogP contribution in [0.5, 0.6) is 0 Å². The van der Waals surface area contributed by atoms with E-state index in [4.69, 9.17) is 4.74 Å². The van der Waals surface area contributed by atoms with Gasteiger partial charge in [-0.1, -0.05) is 25.5 Å². The number of hydrogen-bond acceptors (Lipinski definition) is 2. The van der Waals surface area contributed by atoms with Gasteiger partial charge in [0, 0.05) is 18.9 Å². The Morgan fingerprint density at radius 3 is 2.59 bits per heavy atom. The zero-order valence-corrected chi connectivity index (χ0v) is 14.4. The fourth-order valence-corrected chi connectivity index (χ4v) is 6.60. The highest BCUT2D eigenvalue weighted by Gasteiger charge is 2.58. The van der Waals surface area contributed by atoms with Crippen LogP contribution >= 0.6 is 0 Å². The highest BCUT2D eigenvalue weighted by molar-refractivity contribution is 5.87. The van der Waals surface area contributed by atoms with Crippen LogP contribution in [0.4, 0.5) is 0 Å². The summed E-state index contributed by atoms with van der Waals surface area (Å²) in [6.07, 6.45) is 12.2. The maximum Gasteiger partial charge on any atom is 0.139 e. The van der Waals surface area contributed by atoms with Crippen LogP contribution in [0, 0.1) is 28.6 Å². The van der Waals surface area contributed by atoms with E-state index in [0.29, 0.717) is 23.2 Å². The monoisotopic (exact) mass is 302 g/mol. The number of fused-ring (bicyclic) bond motifs is 5. The first-order valence-corrected chi connectivity index (χ1v) is 9.24. The van der Waals surface area contributed by atoms with Crippen LogP contribution in [0.2, 0.25) is 0 Å². The number of methoxy groups -OCH3 is 1. The molecule has 4 rings (SSSR count). The van der Waals surface area contributed by atoms with Gasteiger partial charge in [-0.15, -0.1) is 0 Å². The van der Waals surface area contributed by atoms with Crippen molar-refractivity contribution in [2.24, 2.45) is 28.6 Å². The topological polar surface area (TPSA) is 26.3 Å². The maximum atomic E-state index is 12.4. The standard InChI is InChI=1S/C20H30O2/c1-19-10-8-14(22-3)12-13(19)4-5-15-16-6-7-18(21)20(16,2)11-9-17(15)19/h4,14-17H,5-12H2,1-3H3. The van der Waals surface area contributed by atoms with Crippen molar-refractivity contribution in [1.29, 1.82) is 0 Å². The summed E-state index contributed by atoms with van der Waals surface area (Å²) < 4.78 is 5.64. The number of rotatable bonds is 1. The molecule has 0 spiro atoms. The largest absolute Gasteiger partial charge is 0.381 e. The van der Waals surface area contributed by atoms with Gasteiger partial charge in [0.2, 0.25) is 0 Å². The molecule has 0 aromatic heterocycles. The van der Waals surface area contributed by atoms with Crippen molar-refractivity contribution in [2.45, 2.75) is 71.3 Å². The van der Waals surface area contributed by atoms with Gasteiger partial charge in [-0.2, -0.15) is 0 Å². The maximum absolute atomic E-state index is 12.4. The Morgan fingerprint density at radius 1 is 1.09 bits per heavy atom. The van der Waals surface area contributed by atoms with Crippen molar-refractivity contribution in [3.8, 4) is 0 Å². The van der Waals surface area contributed by atoms with E-state index in [1.165, 1.54) is 25.7 Å². The third-order valence-corrected chi connectivity index (χ3v) is 8.10. The number of ketones is 1. The molecule has 0 amide bonds. The summed E-state index contributed by atoms with van der Waals surface area (Å²) in [6.45, 7) is 4.79. The van der Waals surface area contributed by atoms with Crippen molar-refractivity contribution in [3.05, 3.63) is 11.6 Å². The molecule has 0 radical (unpaired) electrons. The molecule has 0 aromatic carbocycles. The van der Waals surface area contributed by atoms with E-state index < -0.39 is 0 Å². The molecule has 0 saturated heterocycles. The Labute approximate surface area is 134 Å². The lowest BCUT2D eigenvalue weighted by Crippen LogP contribution is -2.50. The number of Topliss-reactive ketones (excluding diaryl/α,β-unsaturated/α-hetero) is 1. The number of hydrogen-bond donors (Lipinski definition) is 0. The molecule has 0 heterocycles. The summed E-state index contributed by atoms with van der Waals surface area (Å²) in [4.78, 5) is 12.4. The van der Waals surface area contributed by atoms with Crippen LogP contribution in [0.25, 0.3) is 0 Å². The fourth-order valence-electron chi connectivity index (χ4n) is 6.60. The number of carbonyl (C=O) groups is 1. The number of carbonyl (C=O) groups excluding carboxylic acids is 1. The second kappa shape index (κ2) is 4.93. The van der Waals surface area contributed by atoms with Gasteiger partial charge >= 0.3 is 0 Å². The van der Waals surface area contributed by atoms with Crippen molar-refractivity contribution in [1.82, 2.24) is 0 Å². The highest BCUT2D eigenvalue weighted by atomic mass is 16.5. The molecule has 4 aliphatic rings. The first kappa shape index (κ1) is 14.9. The van der Waals surface area contributed by atoms with Gasteiger partial charge in [0.05, 0.1) is 6.10 Å². The molecule has 2 nitrogen and oxygen atoms in total. The summed E-state index contributed by atoms with van der Waals surface area (Å²) in [7, 11) is 1.86. The van der Waals surface area contributed by atoms with Crippen molar-refractivity contribution < 1.29 is 9.53 Å². The summed E-state index contributed by atoms with van der Waals surface area (Å²) in [5, 5.41) is 0. The molecule has 0 bridgehead atoms. The average Bonchev–Trinajstić information content (AvgIpc) is 2.82. The zero-order chi connectivity index (χ0) is 15.5. The molecule has 3 fully saturated rings. The van der Waals surface area contributed by atoms with E-state index in [9.17, 15) is 4.79 Å². The molecule has 4 aliphatic carbocycles. The van der Waals surface area contributed by atoms with Gasteiger partial charge in [-0.3, -0.25) is 4.79 Å². The normalized spacial score (nSPS) is 50.9. The lowest BCUT2D eigenvalue weighted by molar-refractivity contribution is -0.132. The van der Waals surface area contributed by atoms with Crippen molar-refractivity contribution >= 4 is 5.78 Å². The Morgan fingerprint density at radius 2 is 1.82 bits per heavy atom. The first-order chi connectivity index (χ1) is 10.5. The van der Waals surface area contributed by atoms with Gasteiger partial charge < -0.3 is 4.74 Å². The van der Waals surface area contributed by atoms with E-state index >= 15 is 0 Å². The molecule has 3 saturated carbocycles. The Kier molecular flexibility index (Phi) is 3.35. The fraction of sp³-hybridized carbons (Fsp3) is 0.850. The third kappa shape index (κ3) is 1.85. The minimum atomic E-state index is 0.00655. The molecular weight excluding hydrogens is 272 g/mol. The van der Waals surface area contributed by atoms with E-state index in [-0.39, 0.29) is 5.41 Å². The summed E-state index contributed by atoms with van der Waals surface area (Å²) >= 11 is 0. The minimum absolute atomic E-state index is 0.00655. The molecule has 0 aromatic rings. The Hall–Kier alpha value is -0.630. The predicted molar refractivity (Wildman–Crippen MR) is 87.5 cm³/mol. The van der Waals surface area contributed by atoms with E-state index in [0.717, 1.165) is 37.5 Å². The molecule has 6 atom stereocenters. The van der Waals surface area contributed by atoms with E-state index in [1.54, 1.807) is 5.57 Å². The molecule has 0 N–H and O–H groups in total. The van der Waals surface area contributed by atoms with Crippen LogP contribution in [0.1, 0.15) is 65.2 Å². The second-order valence-corrected chi connectivity index (χ2v) is 8.78. The summed E-state index contributed by atoms with van der Waals surface area (Å²) in [5.41, 5.74) is 2.05. The smallest absolute Gasteiger partial charge is 0.139 e. The molecule has 122 valence electrons. The van der Waals surface area contributed by atoms with E-state index in [2.05, 4.69) is 19.9 Å². The van der Waals surface area contributed by atoms with Crippen LogP contribution in [0.15, 0.2) is 11.6 Å². The number of allylic oxidation sites excluding steroid dienone is 1. The van der Waals surface area contributed by atoms with Crippen LogP contribution in [-0.4, -0.2) is 19.0 Å².